The Bertz CT molecular complexity index is 861. The van der Waals surface area contributed by atoms with Gasteiger partial charge in [-0.05, 0) is 57.5 Å². The Balaban J connectivity index is 1.12. The number of rotatable bonds is 6. The van der Waals surface area contributed by atoms with E-state index in [1.807, 2.05) is 12.4 Å². The first-order chi connectivity index (χ1) is 13.7. The molecule has 1 saturated heterocycles. The van der Waals surface area contributed by atoms with Crippen molar-refractivity contribution in [3.05, 3.63) is 52.2 Å². The van der Waals surface area contributed by atoms with Gasteiger partial charge >= 0.3 is 0 Å². The van der Waals surface area contributed by atoms with Crippen molar-refractivity contribution in [2.75, 3.05) is 13.1 Å². The van der Waals surface area contributed by atoms with E-state index in [2.05, 4.69) is 19.9 Å². The molecule has 0 aromatic carbocycles. The summed E-state index contributed by atoms with van der Waals surface area (Å²) in [6, 6.07) is 1.75. The van der Waals surface area contributed by atoms with Crippen molar-refractivity contribution in [2.24, 2.45) is 5.92 Å². The summed E-state index contributed by atoms with van der Waals surface area (Å²) in [5.41, 5.74) is 2.31. The quantitative estimate of drug-likeness (QED) is 0.772. The number of piperidine rings is 1. The van der Waals surface area contributed by atoms with Crippen LogP contribution in [0.25, 0.3) is 0 Å². The third-order valence-corrected chi connectivity index (χ3v) is 6.66. The minimum absolute atomic E-state index is 0.114. The van der Waals surface area contributed by atoms with Gasteiger partial charge in [-0.2, -0.15) is 0 Å². The molecule has 0 radical (unpaired) electrons. The van der Waals surface area contributed by atoms with Gasteiger partial charge in [0.2, 0.25) is 0 Å². The maximum Gasteiger partial charge on any atom is 0.253 e. The molecule has 148 valence electrons. The molecule has 3 heterocycles. The average Bonchev–Trinajstić information content (AvgIpc) is 3.50. The van der Waals surface area contributed by atoms with E-state index in [-0.39, 0.29) is 5.56 Å². The van der Waals surface area contributed by atoms with Gasteiger partial charge in [0, 0.05) is 48.9 Å². The Hall–Kier alpha value is -2.08. The summed E-state index contributed by atoms with van der Waals surface area (Å²) in [5.74, 6) is 2.72. The van der Waals surface area contributed by atoms with Crippen molar-refractivity contribution in [3.8, 4) is 0 Å². The van der Waals surface area contributed by atoms with Crippen LogP contribution in [0.2, 0.25) is 0 Å². The summed E-state index contributed by atoms with van der Waals surface area (Å²) >= 11 is 0. The van der Waals surface area contributed by atoms with Crippen molar-refractivity contribution < 1.29 is 0 Å². The van der Waals surface area contributed by atoms with E-state index >= 15 is 0 Å². The summed E-state index contributed by atoms with van der Waals surface area (Å²) in [5, 5.41) is 0. The molecule has 2 aromatic rings. The normalized spacial score (nSPS) is 21.6. The number of hydrogen-bond acceptors (Lipinski definition) is 5. The number of likely N-dealkylation sites (tertiary alicyclic amines) is 1. The maximum absolute atomic E-state index is 12.4. The Labute approximate surface area is 166 Å². The molecule has 6 heteroatoms. The highest BCUT2D eigenvalue weighted by Gasteiger charge is 2.26. The molecule has 2 aliphatic carbocycles. The molecule has 0 atom stereocenters. The van der Waals surface area contributed by atoms with Crippen LogP contribution >= 0.6 is 0 Å². The molecular weight excluding hydrogens is 350 g/mol. The zero-order valence-electron chi connectivity index (χ0n) is 16.5. The Morgan fingerprint density at radius 1 is 0.929 bits per heavy atom. The third-order valence-electron chi connectivity index (χ3n) is 6.66. The van der Waals surface area contributed by atoms with E-state index in [0.29, 0.717) is 17.8 Å². The largest absolute Gasteiger partial charge is 0.299 e. The second kappa shape index (κ2) is 7.74. The van der Waals surface area contributed by atoms with Crippen LogP contribution in [0.5, 0.6) is 0 Å². The highest BCUT2D eigenvalue weighted by atomic mass is 16.1. The zero-order valence-corrected chi connectivity index (χ0v) is 16.5. The van der Waals surface area contributed by atoms with Crippen LogP contribution in [0.15, 0.2) is 29.6 Å². The predicted molar refractivity (Wildman–Crippen MR) is 107 cm³/mol. The minimum atomic E-state index is 0.114. The first-order valence-electron chi connectivity index (χ1n) is 10.8. The Kier molecular flexibility index (Phi) is 4.97. The number of nitrogens with zero attached hydrogens (tertiary/aromatic N) is 5. The summed E-state index contributed by atoms with van der Waals surface area (Å²) in [6.07, 6.45) is 14.2. The first kappa shape index (κ1) is 18.0. The van der Waals surface area contributed by atoms with Crippen molar-refractivity contribution in [1.29, 1.82) is 0 Å². The third kappa shape index (κ3) is 4.02. The summed E-state index contributed by atoms with van der Waals surface area (Å²) in [7, 11) is 0. The van der Waals surface area contributed by atoms with Gasteiger partial charge in [-0.15, -0.1) is 0 Å². The standard InChI is InChI=1S/C22H29N5O/c28-21-10-20(18-4-5-18)25-15-27(21)14-16-6-8-26(9-7-16)13-17-11-23-22(24-12-17)19-2-1-3-19/h10-12,15-16,18-19H,1-9,13-14H2. The first-order valence-corrected chi connectivity index (χ1v) is 10.8. The SMILES string of the molecule is O=c1cc(C2CC2)ncn1CC1CCN(Cc2cnc(C3CCC3)nc2)CC1. The molecule has 0 amide bonds. The molecule has 0 spiro atoms. The lowest BCUT2D eigenvalue weighted by molar-refractivity contribution is 0.166. The molecular formula is C22H29N5O. The van der Waals surface area contributed by atoms with E-state index in [9.17, 15) is 4.79 Å². The fraction of sp³-hybridized carbons (Fsp3) is 0.636. The molecule has 3 fully saturated rings. The monoisotopic (exact) mass is 379 g/mol. The van der Waals surface area contributed by atoms with E-state index in [4.69, 9.17) is 0 Å². The van der Waals surface area contributed by atoms with Crippen molar-refractivity contribution in [3.63, 3.8) is 0 Å². The maximum atomic E-state index is 12.4. The highest BCUT2D eigenvalue weighted by molar-refractivity contribution is 5.12. The molecule has 28 heavy (non-hydrogen) atoms. The van der Waals surface area contributed by atoms with Crippen LogP contribution in [0.1, 0.15) is 73.9 Å². The average molecular weight is 380 g/mol. The lowest BCUT2D eigenvalue weighted by atomic mass is 9.85. The second-order valence-electron chi connectivity index (χ2n) is 8.88. The minimum Gasteiger partial charge on any atom is -0.299 e. The molecule has 0 bridgehead atoms. The van der Waals surface area contributed by atoms with Crippen molar-refractivity contribution in [2.45, 2.75) is 69.9 Å². The Morgan fingerprint density at radius 3 is 2.29 bits per heavy atom. The van der Waals surface area contributed by atoms with Crippen molar-refractivity contribution in [1.82, 2.24) is 24.4 Å². The van der Waals surface area contributed by atoms with Crippen LogP contribution in [-0.2, 0) is 13.1 Å². The Morgan fingerprint density at radius 2 is 1.68 bits per heavy atom. The zero-order chi connectivity index (χ0) is 18.9. The van der Waals surface area contributed by atoms with Gasteiger partial charge in [0.05, 0.1) is 12.0 Å². The number of hydrogen-bond donors (Lipinski definition) is 0. The van der Waals surface area contributed by atoms with Gasteiger partial charge < -0.3 is 0 Å². The summed E-state index contributed by atoms with van der Waals surface area (Å²) < 4.78 is 1.80. The molecule has 3 aliphatic rings. The van der Waals surface area contributed by atoms with Gasteiger partial charge in [-0.1, -0.05) is 6.42 Å². The molecule has 1 aliphatic heterocycles. The van der Waals surface area contributed by atoms with Crippen LogP contribution < -0.4 is 5.56 Å². The van der Waals surface area contributed by atoms with Crippen LogP contribution in [0.3, 0.4) is 0 Å². The summed E-state index contributed by atoms with van der Waals surface area (Å²) in [4.78, 5) is 28.5. The topological polar surface area (TPSA) is 63.9 Å². The molecule has 2 aromatic heterocycles. The van der Waals surface area contributed by atoms with Gasteiger partial charge in [0.25, 0.3) is 5.56 Å². The van der Waals surface area contributed by atoms with Crippen LogP contribution in [-0.4, -0.2) is 37.5 Å². The van der Waals surface area contributed by atoms with Gasteiger partial charge in [0.15, 0.2) is 0 Å². The smallest absolute Gasteiger partial charge is 0.253 e. The molecule has 6 nitrogen and oxygen atoms in total. The predicted octanol–water partition coefficient (Wildman–Crippen LogP) is 3.09. The fourth-order valence-electron chi connectivity index (χ4n) is 4.37. The van der Waals surface area contributed by atoms with Gasteiger partial charge in [-0.25, -0.2) is 15.0 Å². The molecule has 5 rings (SSSR count). The van der Waals surface area contributed by atoms with Crippen LogP contribution in [0, 0.1) is 5.92 Å². The molecule has 0 N–H and O–H groups in total. The fourth-order valence-corrected chi connectivity index (χ4v) is 4.37. The second-order valence-corrected chi connectivity index (χ2v) is 8.88. The number of aromatic nitrogens is 4. The molecule has 0 unspecified atom stereocenters. The van der Waals surface area contributed by atoms with Gasteiger partial charge in [-0.3, -0.25) is 14.3 Å². The van der Waals surface area contributed by atoms with Gasteiger partial charge in [0.1, 0.15) is 5.82 Å². The lowest BCUT2D eigenvalue weighted by Gasteiger charge is -2.32. The van der Waals surface area contributed by atoms with E-state index in [1.54, 1.807) is 17.0 Å². The van der Waals surface area contributed by atoms with E-state index in [0.717, 1.165) is 50.5 Å². The van der Waals surface area contributed by atoms with E-state index in [1.165, 1.54) is 37.7 Å². The van der Waals surface area contributed by atoms with E-state index < -0.39 is 0 Å². The summed E-state index contributed by atoms with van der Waals surface area (Å²) in [6.45, 7) is 3.85. The highest BCUT2D eigenvalue weighted by Crippen LogP contribution is 2.38. The molecule has 2 saturated carbocycles. The van der Waals surface area contributed by atoms with Crippen LogP contribution in [0.4, 0.5) is 0 Å². The lowest BCUT2D eigenvalue weighted by Crippen LogP contribution is -2.36. The van der Waals surface area contributed by atoms with Crippen molar-refractivity contribution >= 4 is 0 Å².